The summed E-state index contributed by atoms with van der Waals surface area (Å²) < 4.78 is 61.6. The fraction of sp³-hybridized carbons (Fsp3) is 0.402. The predicted octanol–water partition coefficient (Wildman–Crippen LogP) is 12.8. The molecular weight excluding hydrogens is 1450 g/mol. The van der Waals surface area contributed by atoms with Gasteiger partial charge in [0, 0.05) is 197 Å². The van der Waals surface area contributed by atoms with E-state index in [2.05, 4.69) is 19.9 Å². The molecule has 4 aromatic heterocycles. The van der Waals surface area contributed by atoms with E-state index in [9.17, 15) is 55.9 Å². The maximum atomic E-state index is 14.5. The second-order valence-corrected chi connectivity index (χ2v) is 28.8. The number of halogens is 4. The monoisotopic (exact) mass is 1550 g/mol. The molecule has 0 bridgehead atoms. The highest BCUT2D eigenvalue weighted by molar-refractivity contribution is 5.95. The van der Waals surface area contributed by atoms with Crippen LogP contribution >= 0.6 is 0 Å². The number of nitrogens with zero attached hydrogens (tertiary/aromatic N) is 12. The zero-order valence-electron chi connectivity index (χ0n) is 66.4. The van der Waals surface area contributed by atoms with Crippen LogP contribution in [0.3, 0.4) is 0 Å². The van der Waals surface area contributed by atoms with Crippen molar-refractivity contribution < 1.29 is 60.7 Å². The Hall–Kier alpha value is -11.4. The van der Waals surface area contributed by atoms with Crippen molar-refractivity contribution in [1.29, 1.82) is 0 Å². The van der Waals surface area contributed by atoms with Crippen LogP contribution in [0.1, 0.15) is 159 Å². The first-order valence-corrected chi connectivity index (χ1v) is 38.5. The Morgan fingerprint density at radius 1 is 0.407 bits per heavy atom. The number of hydrogen-bond acceptors (Lipinski definition) is 14. The van der Waals surface area contributed by atoms with Gasteiger partial charge in [0.1, 0.15) is 23.3 Å². The lowest BCUT2D eigenvalue weighted by Crippen LogP contribution is -2.48. The Kier molecular flexibility index (Phi) is 30.4. The Morgan fingerprint density at radius 3 is 1.10 bits per heavy atom. The minimum atomic E-state index is -0.491. The number of anilines is 5. The minimum absolute atomic E-state index is 0.0601. The minimum Gasteiger partial charge on any atom is -0.481 e. The van der Waals surface area contributed by atoms with Crippen LogP contribution in [0, 0.1) is 37.2 Å². The second kappa shape index (κ2) is 40.2. The summed E-state index contributed by atoms with van der Waals surface area (Å²) in [6.07, 6.45) is 10.5. The van der Waals surface area contributed by atoms with E-state index in [0.29, 0.717) is 153 Å². The number of pyridine rings is 4. The first kappa shape index (κ1) is 85.6. The van der Waals surface area contributed by atoms with Gasteiger partial charge in [0.25, 0.3) is 0 Å². The van der Waals surface area contributed by atoms with Crippen molar-refractivity contribution in [2.24, 2.45) is 0 Å². The maximum absolute atomic E-state index is 14.5. The molecule has 12 rings (SSSR count). The van der Waals surface area contributed by atoms with Crippen LogP contribution in [0.25, 0.3) is 0 Å². The highest BCUT2D eigenvalue weighted by Gasteiger charge is 2.36. The van der Waals surface area contributed by atoms with Crippen LogP contribution in [-0.2, 0) is 64.0 Å². The molecule has 4 saturated heterocycles. The molecule has 0 radical (unpaired) electrons. The Labute approximate surface area is 659 Å². The summed E-state index contributed by atoms with van der Waals surface area (Å²) in [5.41, 5.74) is 16.6. The molecule has 0 saturated carbocycles. The van der Waals surface area contributed by atoms with Crippen LogP contribution in [0.15, 0.2) is 146 Å². The smallest absolute Gasteiger partial charge is 0.226 e. The number of aromatic nitrogens is 4. The highest BCUT2D eigenvalue weighted by Crippen LogP contribution is 2.36. The van der Waals surface area contributed by atoms with Gasteiger partial charge in [-0.2, -0.15) is 4.39 Å². The maximum Gasteiger partial charge on any atom is 0.226 e. The standard InChI is InChI=1S/C22H26FN3O3.2C22H26FN3O2.C21H25FN4O2/c1-4-20(27)25(2)19-9-7-16(12-18(19)23)17-13-26(14-17)21(28)10-8-15-6-5-11-24-22(15)29-3;1-4-21(27)25(3)19-9-5-17(6-10-19)18-13-26(14-18)22(28)12-8-16-7-11-20(23)24-15(16)2;1-4-21(27)25(3)20-9-7-17(12-19(20)23)18-13-26(14-18)22(28)10-8-16-6-5-11-24-15(16)2;1-3-19(27)25(2)18-8-6-15(11-17(18)22)16-12-26(13-16)20(28)9-7-14-5-4-10-24-21(14)23/h5-7,9,11-12,17H,4,8,10,13-14H2,1-3H3;5-7,9-11,18H,4,8,12-14H2,1-3H3;5-7,9,11-12,18H,4,8,10,13-14H2,1-3H3;4-6,8,10-11,16H,3,7,9,12-13H2,1-2H3,(H2,23,24). The summed E-state index contributed by atoms with van der Waals surface area (Å²) >= 11 is 0. The summed E-state index contributed by atoms with van der Waals surface area (Å²) in [5, 5.41) is 0. The third-order valence-electron chi connectivity index (χ3n) is 21.5. The first-order valence-electron chi connectivity index (χ1n) is 38.5. The van der Waals surface area contributed by atoms with Crippen molar-refractivity contribution in [2.75, 3.05) is 113 Å². The van der Waals surface area contributed by atoms with Crippen molar-refractivity contribution in [2.45, 2.75) is 142 Å². The van der Waals surface area contributed by atoms with Gasteiger partial charge < -0.3 is 49.7 Å². The van der Waals surface area contributed by atoms with E-state index in [-0.39, 0.29) is 82.1 Å². The van der Waals surface area contributed by atoms with E-state index in [0.717, 1.165) is 50.3 Å². The topological polar surface area (TPSA) is 249 Å². The number of carbonyl (C=O) groups excluding carboxylic acids is 8. The lowest BCUT2D eigenvalue weighted by Gasteiger charge is -2.40. The molecule has 0 atom stereocenters. The Bertz CT molecular complexity index is 4530. The third kappa shape index (κ3) is 22.2. The molecule has 0 unspecified atom stereocenters. The van der Waals surface area contributed by atoms with Crippen LogP contribution in [0.5, 0.6) is 5.88 Å². The molecule has 4 aliphatic rings. The second-order valence-electron chi connectivity index (χ2n) is 28.8. The number of ether oxygens (including phenoxy) is 1. The number of benzene rings is 4. The van der Waals surface area contributed by atoms with Crippen LogP contribution in [-0.4, -0.2) is 174 Å². The molecule has 0 spiro atoms. The molecular formula is C87H103F4N13O9. The number of nitrogen functional groups attached to an aromatic ring is 1. The molecule has 0 aliphatic carbocycles. The summed E-state index contributed by atoms with van der Waals surface area (Å²) in [6.45, 7) is 15.7. The van der Waals surface area contributed by atoms with Gasteiger partial charge in [0.2, 0.25) is 59.1 Å². The van der Waals surface area contributed by atoms with Crippen molar-refractivity contribution in [3.8, 4) is 5.88 Å². The van der Waals surface area contributed by atoms with Gasteiger partial charge in [-0.1, -0.05) is 82.3 Å². The molecule has 4 aliphatic heterocycles. The van der Waals surface area contributed by atoms with E-state index in [4.69, 9.17) is 10.5 Å². The summed E-state index contributed by atoms with van der Waals surface area (Å²) in [4.78, 5) is 126. The van der Waals surface area contributed by atoms with E-state index in [1.165, 1.54) is 44.5 Å². The van der Waals surface area contributed by atoms with E-state index in [1.807, 2.05) is 96.4 Å². The molecule has 8 amide bonds. The largest absolute Gasteiger partial charge is 0.481 e. The lowest BCUT2D eigenvalue weighted by atomic mass is 9.90. The molecule has 8 heterocycles. The van der Waals surface area contributed by atoms with Gasteiger partial charge >= 0.3 is 0 Å². The van der Waals surface area contributed by atoms with Crippen molar-refractivity contribution in [1.82, 2.24) is 39.5 Å². The van der Waals surface area contributed by atoms with E-state index in [1.54, 1.807) is 127 Å². The molecule has 8 aromatic rings. The average molecular weight is 1550 g/mol. The van der Waals surface area contributed by atoms with E-state index >= 15 is 0 Å². The molecule has 598 valence electrons. The van der Waals surface area contributed by atoms with Crippen LogP contribution in [0.2, 0.25) is 0 Å². The quantitative estimate of drug-likeness (QED) is 0.0413. The fourth-order valence-electron chi connectivity index (χ4n) is 13.8. The van der Waals surface area contributed by atoms with Gasteiger partial charge in [-0.25, -0.2) is 28.1 Å². The van der Waals surface area contributed by atoms with Gasteiger partial charge in [-0.15, -0.1) is 0 Å². The zero-order valence-corrected chi connectivity index (χ0v) is 66.4. The van der Waals surface area contributed by atoms with Crippen molar-refractivity contribution in [3.05, 3.63) is 225 Å². The number of methoxy groups -OCH3 is 1. The van der Waals surface area contributed by atoms with Gasteiger partial charge in [0.15, 0.2) is 0 Å². The molecule has 113 heavy (non-hydrogen) atoms. The summed E-state index contributed by atoms with van der Waals surface area (Å²) in [7, 11) is 8.07. The SMILES string of the molecule is CCC(=O)N(C)c1ccc(C2CN(C(=O)CCc3ccc(F)nc3C)C2)cc1.CCC(=O)N(C)c1ccc(C2CN(C(=O)CCc3cccnc3C)C2)cc1F.CCC(=O)N(C)c1ccc(C2CN(C(=O)CCc3cccnc3N)C2)cc1F.CCC(=O)N(C)c1ccc(C2CN(C(=O)CCc3cccnc3OC)C2)cc1F. The van der Waals surface area contributed by atoms with E-state index < -0.39 is 23.4 Å². The number of aryl methyl sites for hydroxylation is 6. The normalized spacial score (nSPS) is 13.9. The van der Waals surface area contributed by atoms with Gasteiger partial charge in [0.05, 0.1) is 24.2 Å². The van der Waals surface area contributed by atoms with Gasteiger partial charge in [-0.3, -0.25) is 43.3 Å². The molecule has 4 fully saturated rings. The van der Waals surface area contributed by atoms with Crippen LogP contribution < -0.4 is 30.1 Å². The number of rotatable bonds is 25. The first-order chi connectivity index (χ1) is 54.1. The number of likely N-dealkylation sites (tertiary alicyclic amines) is 4. The summed E-state index contributed by atoms with van der Waals surface area (Å²) in [6, 6.07) is 37.2. The van der Waals surface area contributed by atoms with Crippen molar-refractivity contribution >= 4 is 75.8 Å². The predicted molar refractivity (Wildman–Crippen MR) is 428 cm³/mol. The fourth-order valence-corrected chi connectivity index (χ4v) is 13.8. The molecule has 2 N–H and O–H groups in total. The zero-order chi connectivity index (χ0) is 81.7. The average Bonchev–Trinajstić information content (AvgIpc) is 0.807. The number of amides is 8. The Morgan fingerprint density at radius 2 is 0.735 bits per heavy atom. The number of carbonyl (C=O) groups is 8. The Balaban J connectivity index is 0.000000173. The highest BCUT2D eigenvalue weighted by atomic mass is 19.1. The lowest BCUT2D eigenvalue weighted by molar-refractivity contribution is -0.136. The molecule has 4 aromatic carbocycles. The summed E-state index contributed by atoms with van der Waals surface area (Å²) in [5.74, 6) is 0.0103. The molecule has 26 heteroatoms. The number of hydrogen-bond donors (Lipinski definition) is 1. The third-order valence-corrected chi connectivity index (χ3v) is 21.5. The van der Waals surface area contributed by atoms with Crippen molar-refractivity contribution in [3.63, 3.8) is 0 Å². The number of nitrogens with two attached hydrogens (primary N) is 1. The van der Waals surface area contributed by atoms with Gasteiger partial charge in [-0.05, 0) is 151 Å². The molecule has 22 nitrogen and oxygen atoms in total. The van der Waals surface area contributed by atoms with Crippen LogP contribution in [0.4, 0.5) is 46.1 Å².